The van der Waals surface area contributed by atoms with Gasteiger partial charge in [0, 0.05) is 25.7 Å². The average molecular weight is 1240 g/mol. The number of phosphoric ester groups is 2. The van der Waals surface area contributed by atoms with E-state index in [4.69, 9.17) is 37.0 Å². The van der Waals surface area contributed by atoms with Crippen molar-refractivity contribution in [1.29, 1.82) is 0 Å². The Bertz CT molecular complexity index is 1640. The Morgan fingerprint density at radius 3 is 0.810 bits per heavy atom. The fourth-order valence-electron chi connectivity index (χ4n) is 9.76. The second-order valence-corrected chi connectivity index (χ2v) is 26.9. The van der Waals surface area contributed by atoms with E-state index < -0.39 is 97.5 Å². The SMILES string of the molecule is CCCCCCCCCCCCCCCCCCCCC(=O)O[C@H](COC(=O)CCCCCCCCCC(C)C)COP(=O)(O)OC[C@@H](O)COP(=O)(O)OC[C@@H](COC(=O)CCCCCCCCCC)OC(=O)CCCCCCCCCC. The lowest BCUT2D eigenvalue weighted by Gasteiger charge is -2.21. The highest BCUT2D eigenvalue weighted by Crippen LogP contribution is 2.45. The summed E-state index contributed by atoms with van der Waals surface area (Å²) < 4.78 is 67.9. The van der Waals surface area contributed by atoms with E-state index in [0.29, 0.717) is 31.6 Å². The molecule has 0 aliphatic rings. The number of unbranched alkanes of at least 4 members (excludes halogenated alkanes) is 37. The minimum absolute atomic E-state index is 0.105. The number of phosphoric acid groups is 2. The number of ether oxygens (including phenoxy) is 4. The summed E-state index contributed by atoms with van der Waals surface area (Å²) in [4.78, 5) is 72.1. The van der Waals surface area contributed by atoms with Gasteiger partial charge < -0.3 is 33.8 Å². The third kappa shape index (κ3) is 59.0. The van der Waals surface area contributed by atoms with Gasteiger partial charge in [-0.15, -0.1) is 0 Å². The zero-order valence-electron chi connectivity index (χ0n) is 54.0. The number of esters is 4. The van der Waals surface area contributed by atoms with E-state index in [9.17, 15) is 43.2 Å². The van der Waals surface area contributed by atoms with Crippen molar-refractivity contribution in [3.8, 4) is 0 Å². The monoisotopic (exact) mass is 1240 g/mol. The first-order valence-corrected chi connectivity index (χ1v) is 37.1. The van der Waals surface area contributed by atoms with Crippen molar-refractivity contribution < 1.29 is 80.2 Å². The van der Waals surface area contributed by atoms with Gasteiger partial charge in [0.25, 0.3) is 0 Å². The van der Waals surface area contributed by atoms with Crippen LogP contribution in [0.15, 0.2) is 0 Å². The molecule has 19 heteroatoms. The fourth-order valence-corrected chi connectivity index (χ4v) is 11.3. The summed E-state index contributed by atoms with van der Waals surface area (Å²) in [6.45, 7) is 7.10. The summed E-state index contributed by atoms with van der Waals surface area (Å²) in [7, 11) is -9.88. The minimum atomic E-state index is -4.94. The third-order valence-corrected chi connectivity index (χ3v) is 16.9. The lowest BCUT2D eigenvalue weighted by Crippen LogP contribution is -2.30. The highest BCUT2D eigenvalue weighted by atomic mass is 31.2. The molecule has 2 unspecified atom stereocenters. The molecule has 0 fully saturated rings. The van der Waals surface area contributed by atoms with Crippen LogP contribution >= 0.6 is 15.6 Å². The van der Waals surface area contributed by atoms with Gasteiger partial charge in [0.05, 0.1) is 26.4 Å². The third-order valence-electron chi connectivity index (χ3n) is 15.0. The zero-order chi connectivity index (χ0) is 62.0. The summed E-state index contributed by atoms with van der Waals surface area (Å²) >= 11 is 0. The van der Waals surface area contributed by atoms with Gasteiger partial charge in [-0.2, -0.15) is 0 Å². The molecule has 0 amide bonds. The first kappa shape index (κ1) is 82.1. The average Bonchev–Trinajstić information content (AvgIpc) is 3.65. The van der Waals surface area contributed by atoms with Gasteiger partial charge in [-0.3, -0.25) is 37.3 Å². The van der Waals surface area contributed by atoms with Crippen molar-refractivity contribution in [3.05, 3.63) is 0 Å². The normalized spacial score (nSPS) is 14.2. The van der Waals surface area contributed by atoms with E-state index in [-0.39, 0.29) is 25.7 Å². The Morgan fingerprint density at radius 1 is 0.321 bits per heavy atom. The predicted molar refractivity (Wildman–Crippen MR) is 335 cm³/mol. The second kappa shape index (κ2) is 58.7. The zero-order valence-corrected chi connectivity index (χ0v) is 55.8. The number of rotatable bonds is 65. The molecule has 17 nitrogen and oxygen atoms in total. The van der Waals surface area contributed by atoms with E-state index in [2.05, 4.69) is 34.6 Å². The second-order valence-electron chi connectivity index (χ2n) is 24.0. The summed E-state index contributed by atoms with van der Waals surface area (Å²) in [5.74, 6) is -1.43. The highest BCUT2D eigenvalue weighted by molar-refractivity contribution is 7.47. The van der Waals surface area contributed by atoms with E-state index >= 15 is 0 Å². The summed E-state index contributed by atoms with van der Waals surface area (Å²) in [5.41, 5.74) is 0. The maximum Gasteiger partial charge on any atom is 0.472 e. The number of hydrogen-bond acceptors (Lipinski definition) is 15. The van der Waals surface area contributed by atoms with Gasteiger partial charge in [0.1, 0.15) is 19.3 Å². The van der Waals surface area contributed by atoms with Crippen LogP contribution < -0.4 is 0 Å². The topological polar surface area (TPSA) is 237 Å². The van der Waals surface area contributed by atoms with Crippen LogP contribution in [0.5, 0.6) is 0 Å². The first-order chi connectivity index (χ1) is 40.5. The standard InChI is InChI=1S/C65H126O17P2/c1-6-9-12-15-18-21-22-23-24-25-26-27-28-29-30-35-41-46-51-65(70)82-61(55-76-63(68)49-44-39-36-31-32-37-42-47-58(4)5)57-80-84(73,74)78-53-59(66)52-77-83(71,72)79-56-60(81-64(69)50-45-40-34-20-17-14-11-8-3)54-75-62(67)48-43-38-33-19-16-13-10-7-2/h58-61,66H,6-57H2,1-5H3,(H,71,72)(H,73,74)/t59-,60+,61+/m0/s1. The van der Waals surface area contributed by atoms with Crippen molar-refractivity contribution in [3.63, 3.8) is 0 Å². The lowest BCUT2D eigenvalue weighted by molar-refractivity contribution is -0.161. The molecule has 0 aliphatic carbocycles. The van der Waals surface area contributed by atoms with Crippen LogP contribution in [0.1, 0.15) is 330 Å². The van der Waals surface area contributed by atoms with Crippen molar-refractivity contribution >= 4 is 39.5 Å². The predicted octanol–water partition coefficient (Wildman–Crippen LogP) is 18.2. The molecule has 0 rings (SSSR count). The molecule has 498 valence electrons. The maximum atomic E-state index is 13.0. The summed E-state index contributed by atoms with van der Waals surface area (Å²) in [6, 6.07) is 0. The molecule has 0 saturated heterocycles. The smallest absolute Gasteiger partial charge is 0.462 e. The number of hydrogen-bond donors (Lipinski definition) is 3. The molecule has 3 N–H and O–H groups in total. The number of carbonyl (C=O) groups is 4. The molecule has 0 spiro atoms. The molecule has 0 saturated carbocycles. The molecule has 0 heterocycles. The van der Waals surface area contributed by atoms with E-state index in [1.807, 2.05) is 0 Å². The van der Waals surface area contributed by atoms with Crippen molar-refractivity contribution in [2.24, 2.45) is 5.92 Å². The van der Waals surface area contributed by atoms with Crippen molar-refractivity contribution in [1.82, 2.24) is 0 Å². The van der Waals surface area contributed by atoms with Gasteiger partial charge in [-0.05, 0) is 31.6 Å². The minimum Gasteiger partial charge on any atom is -0.462 e. The molecular formula is C65H126O17P2. The van der Waals surface area contributed by atoms with E-state index in [1.54, 1.807) is 0 Å². The molecule has 0 aromatic heterocycles. The molecule has 5 atom stereocenters. The Labute approximate surface area is 511 Å². The molecule has 0 aliphatic heterocycles. The van der Waals surface area contributed by atoms with E-state index in [1.165, 1.54) is 135 Å². The largest absolute Gasteiger partial charge is 0.472 e. The van der Waals surface area contributed by atoms with Crippen LogP contribution in [0.3, 0.4) is 0 Å². The van der Waals surface area contributed by atoms with Gasteiger partial charge in [-0.1, -0.05) is 279 Å². The molecule has 0 aromatic carbocycles. The Balaban J connectivity index is 5.15. The molecule has 0 radical (unpaired) electrons. The lowest BCUT2D eigenvalue weighted by atomic mass is 10.0. The van der Waals surface area contributed by atoms with Gasteiger partial charge in [-0.25, -0.2) is 9.13 Å². The summed E-state index contributed by atoms with van der Waals surface area (Å²) in [6.07, 6.45) is 43.3. The molecular weight excluding hydrogens is 1110 g/mol. The number of aliphatic hydroxyl groups excluding tert-OH is 1. The van der Waals surface area contributed by atoms with E-state index in [0.717, 1.165) is 109 Å². The molecule has 84 heavy (non-hydrogen) atoms. The highest BCUT2D eigenvalue weighted by Gasteiger charge is 2.30. The van der Waals surface area contributed by atoms with Gasteiger partial charge >= 0.3 is 39.5 Å². The van der Waals surface area contributed by atoms with Gasteiger partial charge in [0.15, 0.2) is 12.2 Å². The quantitative estimate of drug-likeness (QED) is 0.0222. The van der Waals surface area contributed by atoms with Crippen LogP contribution in [0.4, 0.5) is 0 Å². The van der Waals surface area contributed by atoms with Crippen molar-refractivity contribution in [2.75, 3.05) is 39.6 Å². The van der Waals surface area contributed by atoms with Crippen LogP contribution in [0.2, 0.25) is 0 Å². The van der Waals surface area contributed by atoms with Crippen LogP contribution in [-0.4, -0.2) is 96.7 Å². The Morgan fingerprint density at radius 2 is 0.548 bits per heavy atom. The molecule has 0 bridgehead atoms. The maximum absolute atomic E-state index is 13.0. The molecule has 0 aromatic rings. The Kier molecular flexibility index (Phi) is 57.4. The number of aliphatic hydroxyl groups is 1. The van der Waals surface area contributed by atoms with Crippen LogP contribution in [0, 0.1) is 5.92 Å². The first-order valence-electron chi connectivity index (χ1n) is 34.1. The van der Waals surface area contributed by atoms with Crippen molar-refractivity contribution in [2.45, 2.75) is 348 Å². The number of carbonyl (C=O) groups excluding carboxylic acids is 4. The van der Waals surface area contributed by atoms with Crippen LogP contribution in [0.25, 0.3) is 0 Å². The van der Waals surface area contributed by atoms with Gasteiger partial charge in [0.2, 0.25) is 0 Å². The Hall–Kier alpha value is -1.94. The fraction of sp³-hybridized carbons (Fsp3) is 0.938. The van der Waals surface area contributed by atoms with Crippen LogP contribution in [-0.2, 0) is 65.4 Å². The summed E-state index contributed by atoms with van der Waals surface area (Å²) in [5, 5.41) is 10.5.